The number of carbonyl (C=O) groups is 2. The van der Waals surface area contributed by atoms with Gasteiger partial charge < -0.3 is 15.5 Å². The maximum Gasteiger partial charge on any atom is 0.332 e. The Labute approximate surface area is 111 Å². The molecule has 1 unspecified atom stereocenters. The highest BCUT2D eigenvalue weighted by Gasteiger charge is 2.14. The molecular weight excluding hydrogens is 309 g/mol. The average molecular weight is 320 g/mol. The number of aliphatic hydroxyl groups excluding tert-OH is 1. The number of halogens is 2. The van der Waals surface area contributed by atoms with E-state index in [-0.39, 0.29) is 18.5 Å². The summed E-state index contributed by atoms with van der Waals surface area (Å²) in [4.78, 5) is 22.0. The number of hydrogen-bond donors (Lipinski definition) is 3. The molecule has 0 spiro atoms. The maximum absolute atomic E-state index is 12.8. The van der Waals surface area contributed by atoms with Crippen molar-refractivity contribution in [3.8, 4) is 0 Å². The number of amides is 1. The SMILES string of the molecule is O=C(NCCC(O)C(=O)O)c1ccc(F)cc1Br. The van der Waals surface area contributed by atoms with Crippen LogP contribution in [-0.4, -0.2) is 34.7 Å². The molecule has 1 atom stereocenters. The molecule has 0 aliphatic carbocycles. The molecule has 0 heterocycles. The molecule has 98 valence electrons. The lowest BCUT2D eigenvalue weighted by Crippen LogP contribution is -2.30. The van der Waals surface area contributed by atoms with Crippen LogP contribution in [0.15, 0.2) is 22.7 Å². The summed E-state index contributed by atoms with van der Waals surface area (Å²) in [7, 11) is 0. The second-order valence-corrected chi connectivity index (χ2v) is 4.38. The van der Waals surface area contributed by atoms with Crippen molar-refractivity contribution in [2.45, 2.75) is 12.5 Å². The number of rotatable bonds is 5. The number of aliphatic carboxylic acids is 1. The fraction of sp³-hybridized carbons (Fsp3) is 0.273. The predicted molar refractivity (Wildman–Crippen MR) is 64.7 cm³/mol. The molecule has 1 rings (SSSR count). The molecule has 0 aliphatic heterocycles. The molecule has 0 bridgehead atoms. The van der Waals surface area contributed by atoms with Crippen molar-refractivity contribution < 1.29 is 24.2 Å². The number of carboxylic acids is 1. The summed E-state index contributed by atoms with van der Waals surface area (Å²) in [6.07, 6.45) is -1.61. The van der Waals surface area contributed by atoms with Gasteiger partial charge >= 0.3 is 5.97 Å². The van der Waals surface area contributed by atoms with E-state index in [1.54, 1.807) is 0 Å². The first kappa shape index (κ1) is 14.6. The van der Waals surface area contributed by atoms with E-state index in [0.29, 0.717) is 4.47 Å². The highest BCUT2D eigenvalue weighted by molar-refractivity contribution is 9.10. The summed E-state index contributed by atoms with van der Waals surface area (Å²) in [5, 5.41) is 19.8. The number of carboxylic acid groups (broad SMARTS) is 1. The first-order valence-electron chi connectivity index (χ1n) is 5.06. The summed E-state index contributed by atoms with van der Waals surface area (Å²) in [6.45, 7) is 0.0100. The van der Waals surface area contributed by atoms with Gasteiger partial charge in [-0.3, -0.25) is 4.79 Å². The first-order valence-corrected chi connectivity index (χ1v) is 5.85. The molecule has 0 aliphatic rings. The largest absolute Gasteiger partial charge is 0.479 e. The van der Waals surface area contributed by atoms with Gasteiger partial charge in [-0.15, -0.1) is 0 Å². The Balaban J connectivity index is 2.53. The number of nitrogens with one attached hydrogen (secondary N) is 1. The lowest BCUT2D eigenvalue weighted by Gasteiger charge is -2.08. The normalized spacial score (nSPS) is 11.9. The number of hydrogen-bond acceptors (Lipinski definition) is 3. The van der Waals surface area contributed by atoms with E-state index in [9.17, 15) is 14.0 Å². The molecule has 1 aromatic rings. The van der Waals surface area contributed by atoms with Gasteiger partial charge in [0.05, 0.1) is 5.56 Å². The van der Waals surface area contributed by atoms with E-state index in [1.165, 1.54) is 6.07 Å². The van der Waals surface area contributed by atoms with Gasteiger partial charge in [0.1, 0.15) is 5.82 Å². The highest BCUT2D eigenvalue weighted by atomic mass is 79.9. The van der Waals surface area contributed by atoms with Gasteiger partial charge in [0.15, 0.2) is 6.10 Å². The minimum Gasteiger partial charge on any atom is -0.479 e. The first-order chi connectivity index (χ1) is 8.41. The van der Waals surface area contributed by atoms with E-state index in [2.05, 4.69) is 21.2 Å². The lowest BCUT2D eigenvalue weighted by molar-refractivity contribution is -0.146. The number of aliphatic hydroxyl groups is 1. The Bertz CT molecular complexity index is 466. The summed E-state index contributed by atoms with van der Waals surface area (Å²) in [5.74, 6) is -2.29. The predicted octanol–water partition coefficient (Wildman–Crippen LogP) is 1.15. The summed E-state index contributed by atoms with van der Waals surface area (Å²) in [6, 6.07) is 3.61. The molecule has 7 heteroatoms. The van der Waals surface area contributed by atoms with Gasteiger partial charge in [0.25, 0.3) is 5.91 Å². The Morgan fingerprint density at radius 3 is 2.67 bits per heavy atom. The van der Waals surface area contributed by atoms with Gasteiger partial charge in [0, 0.05) is 17.4 Å². The molecule has 1 amide bonds. The van der Waals surface area contributed by atoms with Crippen molar-refractivity contribution in [3.63, 3.8) is 0 Å². The average Bonchev–Trinajstić information content (AvgIpc) is 2.28. The third-order valence-corrected chi connectivity index (χ3v) is 2.82. The fourth-order valence-corrected chi connectivity index (χ4v) is 1.75. The van der Waals surface area contributed by atoms with E-state index in [0.717, 1.165) is 12.1 Å². The molecule has 3 N–H and O–H groups in total. The van der Waals surface area contributed by atoms with Crippen LogP contribution in [0.25, 0.3) is 0 Å². The van der Waals surface area contributed by atoms with Crippen LogP contribution in [0.5, 0.6) is 0 Å². The molecule has 0 radical (unpaired) electrons. The van der Waals surface area contributed by atoms with Crippen LogP contribution in [-0.2, 0) is 4.79 Å². The van der Waals surface area contributed by atoms with Crippen molar-refractivity contribution in [3.05, 3.63) is 34.1 Å². The van der Waals surface area contributed by atoms with Crippen LogP contribution >= 0.6 is 15.9 Å². The zero-order valence-corrected chi connectivity index (χ0v) is 10.8. The van der Waals surface area contributed by atoms with Crippen molar-refractivity contribution in [1.82, 2.24) is 5.32 Å². The lowest BCUT2D eigenvalue weighted by atomic mass is 10.2. The Hall–Kier alpha value is -1.47. The number of benzene rings is 1. The minimum absolute atomic E-state index is 0.0100. The van der Waals surface area contributed by atoms with Gasteiger partial charge in [-0.25, -0.2) is 9.18 Å². The monoisotopic (exact) mass is 319 g/mol. The Morgan fingerprint density at radius 1 is 1.44 bits per heavy atom. The Kier molecular flexibility index (Phi) is 5.24. The van der Waals surface area contributed by atoms with Crippen molar-refractivity contribution in [1.29, 1.82) is 0 Å². The molecule has 5 nitrogen and oxygen atoms in total. The van der Waals surface area contributed by atoms with E-state index in [4.69, 9.17) is 10.2 Å². The van der Waals surface area contributed by atoms with Gasteiger partial charge in [-0.1, -0.05) is 0 Å². The van der Waals surface area contributed by atoms with Gasteiger partial charge in [-0.05, 0) is 34.1 Å². The third-order valence-electron chi connectivity index (χ3n) is 2.16. The fourth-order valence-electron chi connectivity index (χ4n) is 1.21. The molecule has 0 saturated heterocycles. The zero-order valence-electron chi connectivity index (χ0n) is 9.19. The highest BCUT2D eigenvalue weighted by Crippen LogP contribution is 2.17. The Morgan fingerprint density at radius 2 is 2.11 bits per heavy atom. The van der Waals surface area contributed by atoms with Crippen molar-refractivity contribution in [2.75, 3.05) is 6.54 Å². The number of carbonyl (C=O) groups excluding carboxylic acids is 1. The molecule has 18 heavy (non-hydrogen) atoms. The molecular formula is C11H11BrFNO4. The summed E-state index contributed by atoms with van der Waals surface area (Å²) in [5.41, 5.74) is 0.237. The zero-order chi connectivity index (χ0) is 13.7. The summed E-state index contributed by atoms with van der Waals surface area (Å²) < 4.78 is 13.1. The quantitative estimate of drug-likeness (QED) is 0.760. The van der Waals surface area contributed by atoms with Crippen LogP contribution in [0.2, 0.25) is 0 Å². The molecule has 0 saturated carbocycles. The second kappa shape index (κ2) is 6.46. The smallest absolute Gasteiger partial charge is 0.332 e. The standard InChI is InChI=1S/C11H11BrFNO4/c12-8-5-6(13)1-2-7(8)10(16)14-4-3-9(15)11(17)18/h1-2,5,9,15H,3-4H2,(H,14,16)(H,17,18). The van der Waals surface area contributed by atoms with E-state index in [1.807, 2.05) is 0 Å². The third kappa shape index (κ3) is 4.08. The van der Waals surface area contributed by atoms with E-state index < -0.39 is 23.8 Å². The van der Waals surface area contributed by atoms with E-state index >= 15 is 0 Å². The molecule has 1 aromatic carbocycles. The van der Waals surface area contributed by atoms with Crippen LogP contribution in [0.1, 0.15) is 16.8 Å². The second-order valence-electron chi connectivity index (χ2n) is 3.52. The molecule has 0 fully saturated rings. The van der Waals surface area contributed by atoms with Crippen LogP contribution in [0.3, 0.4) is 0 Å². The van der Waals surface area contributed by atoms with Gasteiger partial charge in [0.2, 0.25) is 0 Å². The molecule has 0 aromatic heterocycles. The van der Waals surface area contributed by atoms with Crippen LogP contribution < -0.4 is 5.32 Å². The minimum atomic E-state index is -1.51. The van der Waals surface area contributed by atoms with Crippen molar-refractivity contribution in [2.24, 2.45) is 0 Å². The maximum atomic E-state index is 12.8. The van der Waals surface area contributed by atoms with Crippen LogP contribution in [0, 0.1) is 5.82 Å². The van der Waals surface area contributed by atoms with Gasteiger partial charge in [-0.2, -0.15) is 0 Å². The van der Waals surface area contributed by atoms with Crippen molar-refractivity contribution >= 4 is 27.8 Å². The van der Waals surface area contributed by atoms with Crippen LogP contribution in [0.4, 0.5) is 4.39 Å². The topological polar surface area (TPSA) is 86.6 Å². The summed E-state index contributed by atoms with van der Waals surface area (Å²) >= 11 is 3.05.